The molecule has 0 spiro atoms. The van der Waals surface area contributed by atoms with Crippen LogP contribution in [0.1, 0.15) is 22.6 Å². The van der Waals surface area contributed by atoms with Crippen LogP contribution in [0.2, 0.25) is 0 Å². The quantitative estimate of drug-likeness (QED) is 0.748. The summed E-state index contributed by atoms with van der Waals surface area (Å²) < 4.78 is 1.93. The average Bonchev–Trinajstić information content (AvgIpc) is 2.95. The van der Waals surface area contributed by atoms with Crippen molar-refractivity contribution >= 4 is 6.09 Å². The molecule has 0 radical (unpaired) electrons. The highest BCUT2D eigenvalue weighted by molar-refractivity contribution is 5.65. The molecule has 0 saturated carbocycles. The first-order valence-electron chi connectivity index (χ1n) is 6.72. The predicted octanol–water partition coefficient (Wildman–Crippen LogP) is 1.65. The maximum absolute atomic E-state index is 11.0. The van der Waals surface area contributed by atoms with Crippen LogP contribution >= 0.6 is 0 Å². The number of hydrogen-bond donors (Lipinski definition) is 1. The zero-order valence-electron chi connectivity index (χ0n) is 11.7. The van der Waals surface area contributed by atoms with Gasteiger partial charge in [0.2, 0.25) is 0 Å². The molecule has 0 unspecified atom stereocenters. The lowest BCUT2D eigenvalue weighted by Gasteiger charge is -2.25. The minimum Gasteiger partial charge on any atom is -0.465 e. The molecule has 1 aromatic heterocycles. The van der Waals surface area contributed by atoms with E-state index >= 15 is 0 Å². The molecule has 108 valence electrons. The molecule has 2 aromatic rings. The summed E-state index contributed by atoms with van der Waals surface area (Å²) >= 11 is 0. The van der Waals surface area contributed by atoms with E-state index in [0.29, 0.717) is 31.0 Å². The van der Waals surface area contributed by atoms with Gasteiger partial charge < -0.3 is 14.6 Å². The Bertz CT molecular complexity index is 836. The molecule has 0 fully saturated rings. The molecule has 0 aliphatic carbocycles. The monoisotopic (exact) mass is 292 g/mol. The van der Waals surface area contributed by atoms with Crippen molar-refractivity contribution in [3.8, 4) is 17.9 Å². The smallest absolute Gasteiger partial charge is 0.407 e. The van der Waals surface area contributed by atoms with Crippen molar-refractivity contribution in [2.75, 3.05) is 6.54 Å². The first kappa shape index (κ1) is 13.7. The maximum Gasteiger partial charge on any atom is 0.407 e. The van der Waals surface area contributed by atoms with E-state index in [9.17, 15) is 4.79 Å². The van der Waals surface area contributed by atoms with Gasteiger partial charge in [0.25, 0.3) is 0 Å². The summed E-state index contributed by atoms with van der Waals surface area (Å²) in [5, 5.41) is 17.9. The molecule has 1 aliphatic heterocycles. The van der Waals surface area contributed by atoms with Crippen molar-refractivity contribution in [3.05, 3.63) is 53.1 Å². The van der Waals surface area contributed by atoms with Crippen LogP contribution in [0, 0.1) is 23.2 Å². The number of hydrogen-bond acceptors (Lipinski definition) is 3. The molecule has 1 amide bonds. The van der Waals surface area contributed by atoms with Gasteiger partial charge in [-0.3, -0.25) is 0 Å². The fourth-order valence-electron chi connectivity index (χ4n) is 2.34. The van der Waals surface area contributed by atoms with E-state index in [-0.39, 0.29) is 0 Å². The standard InChI is InChI=1S/C16H12N4O2/c17-9-13-3-1-2-12(8-13)4-5-15-18-10-14-11-19(16(21)22)6-7-20(14)15/h1-3,8,10H,6-7,11H2,(H,21,22). The van der Waals surface area contributed by atoms with Gasteiger partial charge in [-0.25, -0.2) is 9.78 Å². The largest absolute Gasteiger partial charge is 0.465 e. The van der Waals surface area contributed by atoms with Crippen molar-refractivity contribution < 1.29 is 9.90 Å². The predicted molar refractivity (Wildman–Crippen MR) is 77.8 cm³/mol. The molecule has 6 heteroatoms. The van der Waals surface area contributed by atoms with Crippen molar-refractivity contribution in [2.45, 2.75) is 13.1 Å². The zero-order chi connectivity index (χ0) is 15.5. The average molecular weight is 292 g/mol. The van der Waals surface area contributed by atoms with Crippen molar-refractivity contribution in [3.63, 3.8) is 0 Å². The lowest BCUT2D eigenvalue weighted by Crippen LogP contribution is -2.37. The van der Waals surface area contributed by atoms with Gasteiger partial charge in [-0.15, -0.1) is 0 Å². The highest BCUT2D eigenvalue weighted by Crippen LogP contribution is 2.14. The Morgan fingerprint density at radius 2 is 2.09 bits per heavy atom. The van der Waals surface area contributed by atoms with Crippen LogP contribution in [-0.2, 0) is 13.1 Å². The molecule has 3 rings (SSSR count). The molecule has 22 heavy (non-hydrogen) atoms. The summed E-state index contributed by atoms with van der Waals surface area (Å²) in [4.78, 5) is 16.6. The summed E-state index contributed by atoms with van der Waals surface area (Å²) in [5.41, 5.74) is 2.15. The molecule has 1 aliphatic rings. The third kappa shape index (κ3) is 2.63. The van der Waals surface area contributed by atoms with Crippen LogP contribution in [0.5, 0.6) is 0 Å². The normalized spacial score (nSPS) is 12.8. The second-order valence-corrected chi connectivity index (χ2v) is 4.87. The Morgan fingerprint density at radius 3 is 2.86 bits per heavy atom. The number of carbonyl (C=O) groups is 1. The minimum absolute atomic E-state index is 0.327. The summed E-state index contributed by atoms with van der Waals surface area (Å²) in [5.74, 6) is 6.60. The molecule has 1 N–H and O–H groups in total. The zero-order valence-corrected chi connectivity index (χ0v) is 11.7. The van der Waals surface area contributed by atoms with Crippen molar-refractivity contribution in [2.24, 2.45) is 0 Å². The van der Waals surface area contributed by atoms with E-state index in [1.165, 1.54) is 4.90 Å². The van der Waals surface area contributed by atoms with Gasteiger partial charge in [0.1, 0.15) is 0 Å². The Labute approximate surface area is 127 Å². The summed E-state index contributed by atoms with van der Waals surface area (Å²) in [7, 11) is 0. The number of rotatable bonds is 0. The van der Waals surface area contributed by atoms with Crippen molar-refractivity contribution in [1.82, 2.24) is 14.5 Å². The van der Waals surface area contributed by atoms with E-state index in [1.54, 1.807) is 24.4 Å². The third-order valence-electron chi connectivity index (χ3n) is 3.47. The maximum atomic E-state index is 11.0. The van der Waals surface area contributed by atoms with E-state index in [0.717, 1.165) is 11.3 Å². The second kappa shape index (κ2) is 5.63. The number of amides is 1. The first-order chi connectivity index (χ1) is 10.7. The molecule has 0 saturated heterocycles. The van der Waals surface area contributed by atoms with Gasteiger partial charge in [0.05, 0.1) is 30.1 Å². The molecular weight excluding hydrogens is 280 g/mol. The van der Waals surface area contributed by atoms with Crippen LogP contribution in [0.25, 0.3) is 0 Å². The second-order valence-electron chi connectivity index (χ2n) is 4.87. The lowest BCUT2D eigenvalue weighted by atomic mass is 10.1. The van der Waals surface area contributed by atoms with Gasteiger partial charge >= 0.3 is 6.09 Å². The summed E-state index contributed by atoms with van der Waals surface area (Å²) in [6, 6.07) is 9.14. The number of nitrogens with zero attached hydrogens (tertiary/aromatic N) is 4. The van der Waals surface area contributed by atoms with E-state index in [4.69, 9.17) is 10.4 Å². The topological polar surface area (TPSA) is 82.2 Å². The lowest BCUT2D eigenvalue weighted by molar-refractivity contribution is 0.132. The fraction of sp³-hybridized carbons (Fsp3) is 0.188. The summed E-state index contributed by atoms with van der Waals surface area (Å²) in [6.07, 6.45) is 0.735. The van der Waals surface area contributed by atoms with E-state index in [1.807, 2.05) is 10.6 Å². The van der Waals surface area contributed by atoms with E-state index in [2.05, 4.69) is 22.9 Å². The number of fused-ring (bicyclic) bond motifs is 1. The molecule has 2 heterocycles. The van der Waals surface area contributed by atoms with Crippen LogP contribution in [0.15, 0.2) is 30.5 Å². The molecular formula is C16H12N4O2. The Hall–Kier alpha value is -3.25. The van der Waals surface area contributed by atoms with Crippen LogP contribution in [0.3, 0.4) is 0 Å². The van der Waals surface area contributed by atoms with Gasteiger partial charge in [-0.05, 0) is 24.1 Å². The number of imidazole rings is 1. The minimum atomic E-state index is -0.923. The van der Waals surface area contributed by atoms with Gasteiger partial charge in [0, 0.05) is 18.7 Å². The Kier molecular flexibility index (Phi) is 3.51. The van der Waals surface area contributed by atoms with Crippen molar-refractivity contribution in [1.29, 1.82) is 5.26 Å². The Morgan fingerprint density at radius 1 is 1.27 bits per heavy atom. The van der Waals surface area contributed by atoms with Crippen LogP contribution in [0.4, 0.5) is 4.79 Å². The number of aromatic nitrogens is 2. The fourth-order valence-corrected chi connectivity index (χ4v) is 2.34. The van der Waals surface area contributed by atoms with Gasteiger partial charge in [-0.2, -0.15) is 5.26 Å². The summed E-state index contributed by atoms with van der Waals surface area (Å²) in [6.45, 7) is 1.30. The SMILES string of the molecule is N#Cc1cccc(C#Cc2ncc3n2CCN(C(=O)O)C3)c1. The molecule has 0 bridgehead atoms. The van der Waals surface area contributed by atoms with Gasteiger partial charge in [-0.1, -0.05) is 12.0 Å². The molecule has 1 aromatic carbocycles. The Balaban J connectivity index is 1.86. The third-order valence-corrected chi connectivity index (χ3v) is 3.47. The number of nitriles is 1. The highest BCUT2D eigenvalue weighted by Gasteiger charge is 2.21. The number of carboxylic acid groups (broad SMARTS) is 1. The molecule has 0 atom stereocenters. The van der Waals surface area contributed by atoms with Crippen LogP contribution < -0.4 is 0 Å². The van der Waals surface area contributed by atoms with Crippen LogP contribution in [-0.4, -0.2) is 32.2 Å². The molecule has 6 nitrogen and oxygen atoms in total. The number of benzene rings is 1. The van der Waals surface area contributed by atoms with Gasteiger partial charge in [0.15, 0.2) is 5.82 Å². The highest BCUT2D eigenvalue weighted by atomic mass is 16.4. The van der Waals surface area contributed by atoms with E-state index < -0.39 is 6.09 Å². The first-order valence-corrected chi connectivity index (χ1v) is 6.72.